The fraction of sp³-hybridized carbons (Fsp3) is 0.378. The largest absolute Gasteiger partial charge is 0.474 e. The molecular formula is C45H49N9O4. The lowest BCUT2D eigenvalue weighted by atomic mass is 9.86. The first-order chi connectivity index (χ1) is 28.3. The molecule has 4 aliphatic rings. The lowest BCUT2D eigenvalue weighted by molar-refractivity contribution is -0.135. The number of piperidine rings is 2. The SMILES string of the molecule is Cc1c(-c2ccc3cnc(Nc4ccc(CN5CCN(C(=O)CN6CCC(c7ccc(C8CCC(=O)NC8=O)cc7)CC6)CC5)cc4)nc3c2)cnc2c1NCCO2. The molecule has 298 valence electrons. The van der Waals surface area contributed by atoms with Gasteiger partial charge in [0.05, 0.1) is 18.0 Å². The summed E-state index contributed by atoms with van der Waals surface area (Å²) in [5.74, 6) is 1.21. The number of ether oxygens (including phenoxy) is 1. The highest BCUT2D eigenvalue weighted by Crippen LogP contribution is 2.36. The Morgan fingerprint density at radius 1 is 0.862 bits per heavy atom. The van der Waals surface area contributed by atoms with Crippen molar-refractivity contribution >= 4 is 45.9 Å². The van der Waals surface area contributed by atoms with Gasteiger partial charge in [0, 0.05) is 74.7 Å². The maximum absolute atomic E-state index is 13.3. The van der Waals surface area contributed by atoms with Crippen LogP contribution in [-0.2, 0) is 20.9 Å². The predicted molar refractivity (Wildman–Crippen MR) is 223 cm³/mol. The summed E-state index contributed by atoms with van der Waals surface area (Å²) in [5, 5.41) is 10.2. The van der Waals surface area contributed by atoms with E-state index in [-0.39, 0.29) is 23.6 Å². The van der Waals surface area contributed by atoms with Crippen molar-refractivity contribution in [1.82, 2.24) is 35.0 Å². The minimum absolute atomic E-state index is 0.188. The highest BCUT2D eigenvalue weighted by atomic mass is 16.5. The van der Waals surface area contributed by atoms with Crippen LogP contribution in [0, 0.1) is 6.92 Å². The third-order valence-corrected chi connectivity index (χ3v) is 12.2. The van der Waals surface area contributed by atoms with Crippen molar-refractivity contribution in [2.24, 2.45) is 0 Å². The van der Waals surface area contributed by atoms with Gasteiger partial charge in [-0.25, -0.2) is 15.0 Å². The van der Waals surface area contributed by atoms with E-state index in [0.29, 0.717) is 43.7 Å². The summed E-state index contributed by atoms with van der Waals surface area (Å²) in [6.07, 6.45) is 6.68. The number of piperazine rings is 1. The zero-order valence-corrected chi connectivity index (χ0v) is 32.9. The fourth-order valence-corrected chi connectivity index (χ4v) is 8.73. The van der Waals surface area contributed by atoms with E-state index in [4.69, 9.17) is 9.72 Å². The zero-order valence-electron chi connectivity index (χ0n) is 32.9. The molecule has 3 aromatic carbocycles. The van der Waals surface area contributed by atoms with E-state index >= 15 is 0 Å². The number of amides is 3. The number of carbonyl (C=O) groups excluding carboxylic acids is 3. The summed E-state index contributed by atoms with van der Waals surface area (Å²) in [6, 6.07) is 23.0. The van der Waals surface area contributed by atoms with E-state index in [0.717, 1.165) is 110 Å². The maximum Gasteiger partial charge on any atom is 0.237 e. The third kappa shape index (κ3) is 8.23. The molecule has 3 fully saturated rings. The molecule has 9 rings (SSSR count). The maximum atomic E-state index is 13.3. The van der Waals surface area contributed by atoms with Crippen LogP contribution in [0.2, 0.25) is 0 Å². The van der Waals surface area contributed by atoms with Gasteiger partial charge in [0.15, 0.2) is 0 Å². The molecule has 3 N–H and O–H groups in total. The monoisotopic (exact) mass is 779 g/mol. The normalized spacial score (nSPS) is 19.3. The number of hydrogen-bond donors (Lipinski definition) is 3. The molecule has 3 amide bonds. The first-order valence-electron chi connectivity index (χ1n) is 20.5. The molecule has 4 aliphatic heterocycles. The average Bonchev–Trinajstić information content (AvgIpc) is 3.25. The molecule has 0 spiro atoms. The van der Waals surface area contributed by atoms with Gasteiger partial charge in [-0.2, -0.15) is 0 Å². The van der Waals surface area contributed by atoms with Crippen molar-refractivity contribution in [3.63, 3.8) is 0 Å². The number of fused-ring (bicyclic) bond motifs is 2. The molecule has 0 saturated carbocycles. The van der Waals surface area contributed by atoms with Crippen molar-refractivity contribution in [3.05, 3.63) is 101 Å². The Balaban J connectivity index is 0.724. The van der Waals surface area contributed by atoms with E-state index < -0.39 is 0 Å². The Hall–Kier alpha value is -5.92. The summed E-state index contributed by atoms with van der Waals surface area (Å²) >= 11 is 0. The van der Waals surface area contributed by atoms with Crippen LogP contribution in [0.15, 0.2) is 79.1 Å². The summed E-state index contributed by atoms with van der Waals surface area (Å²) < 4.78 is 5.71. The number of imide groups is 1. The van der Waals surface area contributed by atoms with Crippen LogP contribution in [0.5, 0.6) is 5.88 Å². The third-order valence-electron chi connectivity index (χ3n) is 12.2. The number of nitrogens with zero attached hydrogens (tertiary/aromatic N) is 6. The van der Waals surface area contributed by atoms with Gasteiger partial charge in [-0.1, -0.05) is 48.5 Å². The second kappa shape index (κ2) is 16.5. The smallest absolute Gasteiger partial charge is 0.237 e. The number of aromatic nitrogens is 3. The molecule has 1 unspecified atom stereocenters. The minimum atomic E-state index is -0.255. The number of rotatable bonds is 9. The van der Waals surface area contributed by atoms with Crippen LogP contribution in [0.3, 0.4) is 0 Å². The van der Waals surface area contributed by atoms with Crippen LogP contribution in [0.25, 0.3) is 22.0 Å². The van der Waals surface area contributed by atoms with E-state index in [9.17, 15) is 14.4 Å². The Labute approximate surface area is 338 Å². The van der Waals surface area contributed by atoms with E-state index in [2.05, 4.69) is 91.2 Å². The van der Waals surface area contributed by atoms with Crippen molar-refractivity contribution < 1.29 is 19.1 Å². The van der Waals surface area contributed by atoms with E-state index in [1.807, 2.05) is 35.5 Å². The fourth-order valence-electron chi connectivity index (χ4n) is 8.73. The number of nitrogens with one attached hydrogen (secondary N) is 3. The molecule has 0 bridgehead atoms. The highest BCUT2D eigenvalue weighted by Gasteiger charge is 2.29. The van der Waals surface area contributed by atoms with Crippen molar-refractivity contribution in [2.75, 3.05) is 69.6 Å². The molecule has 6 heterocycles. The standard InChI is InChI=1S/C45H49N9O4/c1-29-38(26-47-44-42(29)46-16-23-58-44)34-8-9-35-25-48-45(50-39(35)24-34)49-36-10-2-30(3-11-36)27-53-19-21-54(22-20-53)41(56)28-52-17-14-32(15-18-52)31-4-6-33(7-5-31)37-12-13-40(55)51-43(37)57/h2-11,24-26,32,37,46H,12-23,27-28H2,1H3,(H,48,49,50)(H,51,55,57). The molecule has 0 radical (unpaired) electrons. The molecule has 1 atom stereocenters. The quantitative estimate of drug-likeness (QED) is 0.161. The lowest BCUT2D eigenvalue weighted by Gasteiger charge is -2.37. The minimum Gasteiger partial charge on any atom is -0.474 e. The Morgan fingerprint density at radius 2 is 1.64 bits per heavy atom. The Morgan fingerprint density at radius 3 is 2.41 bits per heavy atom. The second-order valence-electron chi connectivity index (χ2n) is 15.9. The van der Waals surface area contributed by atoms with Crippen LogP contribution in [0.1, 0.15) is 59.8 Å². The van der Waals surface area contributed by atoms with Crippen LogP contribution < -0.4 is 20.7 Å². The summed E-state index contributed by atoms with van der Waals surface area (Å²) in [6.45, 7) is 9.73. The number of benzene rings is 3. The summed E-state index contributed by atoms with van der Waals surface area (Å²) in [5.41, 5.74) is 9.37. The molecule has 13 nitrogen and oxygen atoms in total. The summed E-state index contributed by atoms with van der Waals surface area (Å²) in [7, 11) is 0. The van der Waals surface area contributed by atoms with Gasteiger partial charge in [-0.05, 0) is 91.2 Å². The Bertz CT molecular complexity index is 2320. The molecule has 2 aromatic heterocycles. The average molecular weight is 780 g/mol. The molecule has 5 aromatic rings. The van der Waals surface area contributed by atoms with Crippen molar-refractivity contribution in [1.29, 1.82) is 0 Å². The van der Waals surface area contributed by atoms with Crippen LogP contribution in [-0.4, -0.2) is 106 Å². The molecule has 13 heteroatoms. The first kappa shape index (κ1) is 37.6. The van der Waals surface area contributed by atoms with Gasteiger partial charge in [0.2, 0.25) is 29.5 Å². The molecule has 0 aliphatic carbocycles. The van der Waals surface area contributed by atoms with Gasteiger partial charge in [-0.3, -0.25) is 29.5 Å². The van der Waals surface area contributed by atoms with Gasteiger partial charge < -0.3 is 20.3 Å². The topological polar surface area (TPSA) is 145 Å². The zero-order chi connectivity index (χ0) is 39.6. The van der Waals surface area contributed by atoms with Gasteiger partial charge in [-0.15, -0.1) is 0 Å². The van der Waals surface area contributed by atoms with Gasteiger partial charge in [0.25, 0.3) is 0 Å². The Kier molecular flexibility index (Phi) is 10.7. The molecular weight excluding hydrogens is 731 g/mol. The number of pyridine rings is 1. The predicted octanol–water partition coefficient (Wildman–Crippen LogP) is 5.59. The van der Waals surface area contributed by atoms with Crippen LogP contribution in [0.4, 0.5) is 17.3 Å². The summed E-state index contributed by atoms with van der Waals surface area (Å²) in [4.78, 5) is 57.8. The molecule has 3 saturated heterocycles. The number of hydrogen-bond acceptors (Lipinski definition) is 11. The number of carbonyl (C=O) groups is 3. The van der Waals surface area contributed by atoms with Gasteiger partial charge in [0.1, 0.15) is 12.3 Å². The molecule has 58 heavy (non-hydrogen) atoms. The van der Waals surface area contributed by atoms with Gasteiger partial charge >= 0.3 is 0 Å². The number of anilines is 3. The second-order valence-corrected chi connectivity index (χ2v) is 15.9. The van der Waals surface area contributed by atoms with E-state index in [1.54, 1.807) is 0 Å². The van der Waals surface area contributed by atoms with Crippen molar-refractivity contribution in [3.8, 4) is 17.0 Å². The first-order valence-corrected chi connectivity index (χ1v) is 20.5. The lowest BCUT2D eigenvalue weighted by Crippen LogP contribution is -2.51. The van der Waals surface area contributed by atoms with E-state index in [1.165, 1.54) is 11.1 Å². The van der Waals surface area contributed by atoms with Crippen LogP contribution >= 0.6 is 0 Å². The van der Waals surface area contributed by atoms with Crippen molar-refractivity contribution in [2.45, 2.75) is 51.0 Å². The highest BCUT2D eigenvalue weighted by molar-refractivity contribution is 6.01. The number of likely N-dealkylation sites (tertiary alicyclic amines) is 1.